The summed E-state index contributed by atoms with van der Waals surface area (Å²) in [5.74, 6) is 0.621. The largest absolute Gasteiger partial charge is 0.329 e. The van der Waals surface area contributed by atoms with Crippen LogP contribution < -0.4 is 5.73 Å². The van der Waals surface area contributed by atoms with E-state index in [0.717, 1.165) is 25.9 Å². The first-order chi connectivity index (χ1) is 8.04. The van der Waals surface area contributed by atoms with Crippen LogP contribution in [0.3, 0.4) is 0 Å². The molecule has 2 rings (SSSR count). The first-order valence-electron chi connectivity index (χ1n) is 6.61. The summed E-state index contributed by atoms with van der Waals surface area (Å²) in [7, 11) is 0. The Labute approximate surface area is 94.9 Å². The van der Waals surface area contributed by atoms with E-state index in [4.69, 9.17) is 8.48 Å². The van der Waals surface area contributed by atoms with Crippen molar-refractivity contribution >= 4 is 0 Å². The number of benzene rings is 1. The number of hydrogen-bond acceptors (Lipinski definition) is 2. The molecule has 0 radical (unpaired) electrons. The molecule has 2 nitrogen and oxygen atoms in total. The summed E-state index contributed by atoms with van der Waals surface area (Å²) in [6.07, 6.45) is 2.19. The van der Waals surface area contributed by atoms with Gasteiger partial charge in [0.15, 0.2) is 0 Å². The lowest BCUT2D eigenvalue weighted by Gasteiger charge is -2.31. The standard InChI is InChI=1S/C13H20N2/c14-8-11-15-9-6-13(7-10-15)12-4-2-1-3-5-12/h1-5,13H,6-11,14H2/i8D2. The second-order valence-corrected chi connectivity index (χ2v) is 4.17. The van der Waals surface area contributed by atoms with Crippen molar-refractivity contribution < 1.29 is 2.74 Å². The molecule has 2 N–H and O–H groups in total. The quantitative estimate of drug-likeness (QED) is 0.817. The minimum atomic E-state index is -1.57. The zero-order valence-electron chi connectivity index (χ0n) is 11.0. The SMILES string of the molecule is [2H]C([2H])(N)CN1CCC(c2ccccc2)CC1. The van der Waals surface area contributed by atoms with Crippen LogP contribution in [0.15, 0.2) is 30.3 Å². The van der Waals surface area contributed by atoms with Crippen molar-refractivity contribution in [2.45, 2.75) is 18.8 Å². The Balaban J connectivity index is 1.86. The Kier molecular flexibility index (Phi) is 2.93. The summed E-state index contributed by atoms with van der Waals surface area (Å²) in [6, 6.07) is 10.6. The van der Waals surface area contributed by atoms with Gasteiger partial charge in [-0.25, -0.2) is 0 Å². The summed E-state index contributed by atoms with van der Waals surface area (Å²) in [6.45, 7) is 0.653. The van der Waals surface area contributed by atoms with Gasteiger partial charge in [-0.1, -0.05) is 30.3 Å². The Bertz CT molecular complexity index is 340. The Morgan fingerprint density at radius 1 is 1.27 bits per heavy atom. The van der Waals surface area contributed by atoms with Crippen molar-refractivity contribution in [3.63, 3.8) is 0 Å². The second-order valence-electron chi connectivity index (χ2n) is 4.17. The summed E-state index contributed by atoms with van der Waals surface area (Å²) < 4.78 is 14.8. The normalized spacial score (nSPS) is 22.2. The molecular weight excluding hydrogens is 184 g/mol. The van der Waals surface area contributed by atoms with Gasteiger partial charge in [0.05, 0.1) is 0 Å². The van der Waals surface area contributed by atoms with Gasteiger partial charge in [0, 0.05) is 15.8 Å². The van der Waals surface area contributed by atoms with Crippen LogP contribution in [0.2, 0.25) is 0 Å². The zero-order valence-corrected chi connectivity index (χ0v) is 9.02. The number of likely N-dealkylation sites (tertiary alicyclic amines) is 1. The third-order valence-corrected chi connectivity index (χ3v) is 3.17. The van der Waals surface area contributed by atoms with E-state index in [2.05, 4.69) is 29.2 Å². The molecule has 0 unspecified atom stereocenters. The van der Waals surface area contributed by atoms with Crippen LogP contribution in [0.1, 0.15) is 27.1 Å². The van der Waals surface area contributed by atoms with Crippen LogP contribution >= 0.6 is 0 Å². The molecule has 15 heavy (non-hydrogen) atoms. The average molecular weight is 206 g/mol. The molecule has 1 fully saturated rings. The van der Waals surface area contributed by atoms with Gasteiger partial charge in [-0.3, -0.25) is 0 Å². The molecule has 1 saturated heterocycles. The van der Waals surface area contributed by atoms with Crippen LogP contribution in [0, 0.1) is 0 Å². The molecule has 82 valence electrons. The lowest BCUT2D eigenvalue weighted by atomic mass is 9.89. The molecule has 0 bridgehead atoms. The maximum absolute atomic E-state index is 7.39. The molecule has 1 aromatic rings. The molecule has 2 heteroatoms. The Morgan fingerprint density at radius 3 is 2.53 bits per heavy atom. The number of rotatable bonds is 3. The summed E-state index contributed by atoms with van der Waals surface area (Å²) in [5.41, 5.74) is 6.81. The maximum Gasteiger partial charge on any atom is 0.0439 e. The van der Waals surface area contributed by atoms with E-state index in [1.54, 1.807) is 0 Å². The highest BCUT2D eigenvalue weighted by atomic mass is 15.1. The van der Waals surface area contributed by atoms with E-state index in [9.17, 15) is 0 Å². The lowest BCUT2D eigenvalue weighted by molar-refractivity contribution is 0.218. The second kappa shape index (κ2) is 5.29. The zero-order chi connectivity index (χ0) is 12.3. The highest BCUT2D eigenvalue weighted by Crippen LogP contribution is 2.27. The van der Waals surface area contributed by atoms with Gasteiger partial charge < -0.3 is 10.6 Å². The maximum atomic E-state index is 7.39. The van der Waals surface area contributed by atoms with Crippen molar-refractivity contribution in [3.05, 3.63) is 35.9 Å². The molecule has 0 aliphatic carbocycles. The van der Waals surface area contributed by atoms with Crippen molar-refractivity contribution in [1.82, 2.24) is 4.90 Å². The van der Waals surface area contributed by atoms with Gasteiger partial charge in [0.2, 0.25) is 0 Å². The van der Waals surface area contributed by atoms with Gasteiger partial charge in [0.25, 0.3) is 0 Å². The highest BCUT2D eigenvalue weighted by molar-refractivity contribution is 5.19. The molecule has 0 amide bonds. The average Bonchev–Trinajstić information content (AvgIpc) is 2.29. The molecule has 1 aliphatic heterocycles. The monoisotopic (exact) mass is 206 g/mol. The molecule has 1 heterocycles. The summed E-state index contributed by atoms with van der Waals surface area (Å²) in [5, 5.41) is 0. The third-order valence-electron chi connectivity index (χ3n) is 3.17. The summed E-state index contributed by atoms with van der Waals surface area (Å²) in [4.78, 5) is 2.12. The van der Waals surface area contributed by atoms with Gasteiger partial charge >= 0.3 is 0 Å². The predicted molar refractivity (Wildman–Crippen MR) is 63.9 cm³/mol. The van der Waals surface area contributed by atoms with Gasteiger partial charge in [-0.2, -0.15) is 0 Å². The fourth-order valence-corrected chi connectivity index (χ4v) is 2.28. The third kappa shape index (κ3) is 2.80. The van der Waals surface area contributed by atoms with Crippen molar-refractivity contribution in [3.8, 4) is 0 Å². The van der Waals surface area contributed by atoms with Crippen molar-refractivity contribution in [2.75, 3.05) is 26.1 Å². The van der Waals surface area contributed by atoms with Crippen LogP contribution in [-0.2, 0) is 0 Å². The first-order valence-corrected chi connectivity index (χ1v) is 5.61. The first kappa shape index (κ1) is 8.31. The van der Waals surface area contributed by atoms with Crippen LogP contribution in [-0.4, -0.2) is 31.0 Å². The Hall–Kier alpha value is -0.860. The molecule has 0 saturated carbocycles. The number of piperidine rings is 1. The molecule has 1 aliphatic rings. The molecule has 0 atom stereocenters. The fraction of sp³-hybridized carbons (Fsp3) is 0.538. The molecule has 0 aromatic heterocycles. The smallest absolute Gasteiger partial charge is 0.0439 e. The van der Waals surface area contributed by atoms with E-state index in [-0.39, 0.29) is 0 Å². The van der Waals surface area contributed by atoms with Crippen LogP contribution in [0.4, 0.5) is 0 Å². The van der Waals surface area contributed by atoms with Gasteiger partial charge in [-0.15, -0.1) is 0 Å². The number of nitrogens with two attached hydrogens (primary N) is 1. The van der Waals surface area contributed by atoms with Crippen molar-refractivity contribution in [1.29, 1.82) is 0 Å². The highest BCUT2D eigenvalue weighted by Gasteiger charge is 2.19. The van der Waals surface area contributed by atoms with Crippen LogP contribution in [0.25, 0.3) is 0 Å². The fourth-order valence-electron chi connectivity index (χ4n) is 2.28. The van der Waals surface area contributed by atoms with Crippen LogP contribution in [0.5, 0.6) is 0 Å². The summed E-state index contributed by atoms with van der Waals surface area (Å²) >= 11 is 0. The minimum Gasteiger partial charge on any atom is -0.329 e. The van der Waals surface area contributed by atoms with E-state index in [1.165, 1.54) is 5.56 Å². The van der Waals surface area contributed by atoms with E-state index in [1.807, 2.05) is 6.07 Å². The van der Waals surface area contributed by atoms with Gasteiger partial charge in [0.1, 0.15) is 0 Å². The predicted octanol–water partition coefficient (Wildman–Crippen LogP) is 1.82. The molecule has 1 aromatic carbocycles. The molecular formula is C13H20N2. The van der Waals surface area contributed by atoms with Crippen molar-refractivity contribution in [2.24, 2.45) is 5.73 Å². The van der Waals surface area contributed by atoms with E-state index < -0.39 is 6.50 Å². The van der Waals surface area contributed by atoms with E-state index in [0.29, 0.717) is 12.5 Å². The number of nitrogens with zero attached hydrogens (tertiary/aromatic N) is 1. The van der Waals surface area contributed by atoms with E-state index >= 15 is 0 Å². The minimum absolute atomic E-state index is 0.342. The topological polar surface area (TPSA) is 29.3 Å². The molecule has 0 spiro atoms. The Morgan fingerprint density at radius 2 is 1.93 bits per heavy atom. The van der Waals surface area contributed by atoms with Gasteiger partial charge in [-0.05, 0) is 37.4 Å². The number of hydrogen-bond donors (Lipinski definition) is 1. The lowest BCUT2D eigenvalue weighted by Crippen LogP contribution is -2.36.